The molecule has 1 aromatic heterocycles. The third-order valence-electron chi connectivity index (χ3n) is 1.10. The summed E-state index contributed by atoms with van der Waals surface area (Å²) in [6.07, 6.45) is 4.00. The van der Waals surface area contributed by atoms with Gasteiger partial charge in [-0.2, -0.15) is 4.68 Å². The average molecular weight is 127 g/mol. The van der Waals surface area contributed by atoms with E-state index in [0.29, 0.717) is 0 Å². The van der Waals surface area contributed by atoms with E-state index in [-0.39, 0.29) is 0 Å². The Morgan fingerprint density at radius 2 is 1.89 bits per heavy atom. The van der Waals surface area contributed by atoms with Crippen LogP contribution < -0.4 is 4.68 Å². The predicted molar refractivity (Wildman–Crippen MR) is 37.9 cm³/mol. The third kappa shape index (κ3) is 2.31. The van der Waals surface area contributed by atoms with E-state index >= 15 is 0 Å². The van der Waals surface area contributed by atoms with Crippen LogP contribution in [0, 0.1) is 0 Å². The molecule has 9 heavy (non-hydrogen) atoms. The second-order valence-electron chi connectivity index (χ2n) is 1.64. The van der Waals surface area contributed by atoms with Crippen LogP contribution in [0.2, 0.25) is 0 Å². The van der Waals surface area contributed by atoms with Crippen molar-refractivity contribution >= 4 is 0 Å². The summed E-state index contributed by atoms with van der Waals surface area (Å²) in [7, 11) is 4.00. The number of hydrogen-bond acceptors (Lipinski definition) is 0. The van der Waals surface area contributed by atoms with Crippen LogP contribution in [-0.2, 0) is 14.1 Å². The van der Waals surface area contributed by atoms with E-state index in [1.54, 1.807) is 0 Å². The largest absolute Gasteiger partial charge is 0.195 e. The molecule has 0 fully saturated rings. The molecule has 1 aromatic rings. The van der Waals surface area contributed by atoms with Crippen LogP contribution in [0.4, 0.5) is 0 Å². The highest BCUT2D eigenvalue weighted by molar-refractivity contribution is 4.69. The second-order valence-corrected chi connectivity index (χ2v) is 1.64. The van der Waals surface area contributed by atoms with Gasteiger partial charge in [0, 0.05) is 6.07 Å². The van der Waals surface area contributed by atoms with Gasteiger partial charge in [0.1, 0.15) is 0 Å². The van der Waals surface area contributed by atoms with Gasteiger partial charge in [-0.15, -0.1) is 4.68 Å². The van der Waals surface area contributed by atoms with Gasteiger partial charge in [0.2, 0.25) is 0 Å². The molecule has 1 heterocycles. The lowest BCUT2D eigenvalue weighted by molar-refractivity contribution is -0.751. The third-order valence-corrected chi connectivity index (χ3v) is 1.10. The van der Waals surface area contributed by atoms with E-state index in [1.165, 1.54) is 0 Å². The SMILES string of the molecule is CC.Cn1ccc[n+]1C. The van der Waals surface area contributed by atoms with Crippen LogP contribution in [0.5, 0.6) is 0 Å². The Labute approximate surface area is 56.7 Å². The van der Waals surface area contributed by atoms with Gasteiger partial charge in [-0.05, 0) is 0 Å². The van der Waals surface area contributed by atoms with Crippen LogP contribution in [0.1, 0.15) is 13.8 Å². The number of nitrogens with zero attached hydrogens (tertiary/aromatic N) is 2. The number of rotatable bonds is 0. The summed E-state index contributed by atoms with van der Waals surface area (Å²) >= 11 is 0. The minimum absolute atomic E-state index is 2.00. The highest BCUT2D eigenvalue weighted by Crippen LogP contribution is 1.70. The van der Waals surface area contributed by atoms with Crippen molar-refractivity contribution in [3.8, 4) is 0 Å². The van der Waals surface area contributed by atoms with Gasteiger partial charge < -0.3 is 0 Å². The van der Waals surface area contributed by atoms with Gasteiger partial charge in [-0.25, -0.2) is 0 Å². The molecule has 1 rings (SSSR count). The van der Waals surface area contributed by atoms with Crippen molar-refractivity contribution < 1.29 is 4.68 Å². The van der Waals surface area contributed by atoms with Gasteiger partial charge >= 0.3 is 0 Å². The maximum absolute atomic E-state index is 2.00. The normalized spacial score (nSPS) is 8.00. The van der Waals surface area contributed by atoms with E-state index in [1.807, 2.05) is 55.8 Å². The minimum Gasteiger partial charge on any atom is -0.164 e. The van der Waals surface area contributed by atoms with Crippen molar-refractivity contribution in [2.75, 3.05) is 0 Å². The molecule has 0 N–H and O–H groups in total. The standard InChI is InChI=1S/C5H9N2.C2H6/c1-6-4-3-5-7(6)2;1-2/h3-5H,1-2H3;1-2H3/q+1;. The Balaban J connectivity index is 0.000000291. The molecule has 52 valence electrons. The van der Waals surface area contributed by atoms with Crippen LogP contribution in [0.15, 0.2) is 18.5 Å². The van der Waals surface area contributed by atoms with Crippen LogP contribution in [0.3, 0.4) is 0 Å². The molecule has 0 saturated carbocycles. The Kier molecular flexibility index (Phi) is 3.76. The van der Waals surface area contributed by atoms with Crippen molar-refractivity contribution in [3.05, 3.63) is 18.5 Å². The maximum atomic E-state index is 2.00. The molecule has 0 aliphatic carbocycles. The molecular formula is C7H15N2+. The highest BCUT2D eigenvalue weighted by atomic mass is 15.4. The summed E-state index contributed by atoms with van der Waals surface area (Å²) in [4.78, 5) is 0. The fourth-order valence-electron chi connectivity index (χ4n) is 0.498. The first-order chi connectivity index (χ1) is 4.30. The summed E-state index contributed by atoms with van der Waals surface area (Å²) in [5.41, 5.74) is 0. The Bertz CT molecular complexity index is 139. The van der Waals surface area contributed by atoms with Crippen molar-refractivity contribution in [2.24, 2.45) is 14.1 Å². The summed E-state index contributed by atoms with van der Waals surface area (Å²) in [5, 5.41) is 0. The van der Waals surface area contributed by atoms with Crippen molar-refractivity contribution in [3.63, 3.8) is 0 Å². The first kappa shape index (κ1) is 8.21. The van der Waals surface area contributed by atoms with E-state index in [0.717, 1.165) is 0 Å². The average Bonchev–Trinajstić information content (AvgIpc) is 2.23. The Hall–Kier alpha value is -0.790. The molecule has 0 aromatic carbocycles. The van der Waals surface area contributed by atoms with Crippen molar-refractivity contribution in [2.45, 2.75) is 13.8 Å². The minimum atomic E-state index is 2.00. The van der Waals surface area contributed by atoms with E-state index < -0.39 is 0 Å². The molecule has 0 atom stereocenters. The number of hydrogen-bond donors (Lipinski definition) is 0. The zero-order valence-electron chi connectivity index (χ0n) is 6.63. The lowest BCUT2D eigenvalue weighted by Crippen LogP contribution is -2.35. The lowest BCUT2D eigenvalue weighted by Gasteiger charge is -1.82. The topological polar surface area (TPSA) is 8.81 Å². The molecule has 0 spiro atoms. The smallest absolute Gasteiger partial charge is 0.164 e. The zero-order chi connectivity index (χ0) is 7.28. The Morgan fingerprint density at radius 1 is 1.33 bits per heavy atom. The summed E-state index contributed by atoms with van der Waals surface area (Å²) in [5.74, 6) is 0. The highest BCUT2D eigenvalue weighted by Gasteiger charge is 1.89. The van der Waals surface area contributed by atoms with Gasteiger partial charge in [0.25, 0.3) is 0 Å². The molecule has 0 unspecified atom stereocenters. The summed E-state index contributed by atoms with van der Waals surface area (Å²) in [6, 6.07) is 2.00. The molecule has 0 aliphatic heterocycles. The van der Waals surface area contributed by atoms with E-state index in [4.69, 9.17) is 0 Å². The van der Waals surface area contributed by atoms with Gasteiger partial charge in [-0.3, -0.25) is 0 Å². The maximum Gasteiger partial charge on any atom is 0.195 e. The number of aryl methyl sites for hydroxylation is 2. The molecule has 0 aliphatic rings. The molecule has 2 heteroatoms. The van der Waals surface area contributed by atoms with Gasteiger partial charge in [-0.1, -0.05) is 13.8 Å². The Morgan fingerprint density at radius 3 is 2.00 bits per heavy atom. The quantitative estimate of drug-likeness (QED) is 0.457. The van der Waals surface area contributed by atoms with Crippen LogP contribution in [0.25, 0.3) is 0 Å². The zero-order valence-corrected chi connectivity index (χ0v) is 6.63. The molecule has 2 nitrogen and oxygen atoms in total. The van der Waals surface area contributed by atoms with Gasteiger partial charge in [0.05, 0.1) is 13.2 Å². The monoisotopic (exact) mass is 127 g/mol. The van der Waals surface area contributed by atoms with Crippen LogP contribution in [-0.4, -0.2) is 4.68 Å². The van der Waals surface area contributed by atoms with Crippen molar-refractivity contribution in [1.29, 1.82) is 0 Å². The summed E-state index contributed by atoms with van der Waals surface area (Å²) in [6.45, 7) is 4.00. The van der Waals surface area contributed by atoms with Gasteiger partial charge in [0.15, 0.2) is 13.2 Å². The molecular weight excluding hydrogens is 112 g/mol. The fourth-order valence-corrected chi connectivity index (χ4v) is 0.498. The summed E-state index contributed by atoms with van der Waals surface area (Å²) < 4.78 is 4.00. The molecule has 0 bridgehead atoms. The molecule has 0 saturated heterocycles. The predicted octanol–water partition coefficient (Wildman–Crippen LogP) is 0.876. The van der Waals surface area contributed by atoms with E-state index in [2.05, 4.69) is 0 Å². The first-order valence-corrected chi connectivity index (χ1v) is 3.28. The molecule has 0 amide bonds. The van der Waals surface area contributed by atoms with Crippen molar-refractivity contribution in [1.82, 2.24) is 4.68 Å². The fraction of sp³-hybridized carbons (Fsp3) is 0.571. The van der Waals surface area contributed by atoms with Crippen LogP contribution >= 0.6 is 0 Å². The number of aromatic nitrogens is 2. The second kappa shape index (κ2) is 4.13. The lowest BCUT2D eigenvalue weighted by atomic mass is 10.8. The van der Waals surface area contributed by atoms with E-state index in [9.17, 15) is 0 Å². The molecule has 0 radical (unpaired) electrons. The first-order valence-electron chi connectivity index (χ1n) is 3.28.